The van der Waals surface area contributed by atoms with Gasteiger partial charge in [0.15, 0.2) is 5.82 Å². The van der Waals surface area contributed by atoms with Crippen LogP contribution in [0, 0.1) is 0 Å². The Labute approximate surface area is 157 Å². The summed E-state index contributed by atoms with van der Waals surface area (Å²) < 4.78 is 10.6. The predicted octanol–water partition coefficient (Wildman–Crippen LogP) is 2.87. The Balaban J connectivity index is 1.31. The van der Waals surface area contributed by atoms with Crippen LogP contribution in [-0.4, -0.2) is 45.0 Å². The lowest BCUT2D eigenvalue weighted by atomic mass is 10.0. The minimum Gasteiger partial charge on any atom is -0.467 e. The summed E-state index contributed by atoms with van der Waals surface area (Å²) in [5.41, 5.74) is 0.974. The van der Waals surface area contributed by atoms with Gasteiger partial charge >= 0.3 is 12.1 Å². The topological polar surface area (TPSA) is 114 Å². The Kier molecular flexibility index (Phi) is 4.59. The van der Waals surface area contributed by atoms with Gasteiger partial charge in [0.25, 0.3) is 0 Å². The molecule has 2 atom stereocenters. The van der Waals surface area contributed by atoms with E-state index in [2.05, 4.69) is 30.8 Å². The molecule has 0 radical (unpaired) electrons. The molecule has 0 bridgehead atoms. The number of amides is 1. The highest BCUT2D eigenvalue weighted by Gasteiger charge is 2.40. The maximum Gasteiger partial charge on any atom is 0.407 e. The average Bonchev–Trinajstić information content (AvgIpc) is 3.02. The van der Waals surface area contributed by atoms with Gasteiger partial charge in [-0.05, 0) is 45.1 Å². The molecule has 0 aromatic carbocycles. The van der Waals surface area contributed by atoms with E-state index < -0.39 is 0 Å². The number of hydrogen-bond donors (Lipinski definition) is 3. The van der Waals surface area contributed by atoms with Crippen LogP contribution in [0.3, 0.4) is 0 Å². The molecule has 9 nitrogen and oxygen atoms in total. The van der Waals surface area contributed by atoms with Crippen molar-refractivity contribution in [2.24, 2.45) is 0 Å². The summed E-state index contributed by atoms with van der Waals surface area (Å²) in [5, 5.41) is 13.4. The maximum absolute atomic E-state index is 12.0. The van der Waals surface area contributed by atoms with E-state index in [9.17, 15) is 4.79 Å². The first-order chi connectivity index (χ1) is 13.0. The van der Waals surface area contributed by atoms with Crippen LogP contribution in [0.1, 0.15) is 50.6 Å². The molecule has 2 aromatic heterocycles. The number of aromatic amines is 1. The molecular weight excluding hydrogens is 348 g/mol. The summed E-state index contributed by atoms with van der Waals surface area (Å²) in [5.74, 6) is 1.58. The van der Waals surface area contributed by atoms with Crippen molar-refractivity contribution in [3.8, 4) is 6.01 Å². The molecule has 0 saturated heterocycles. The number of aromatic nitrogens is 4. The van der Waals surface area contributed by atoms with E-state index >= 15 is 0 Å². The highest BCUT2D eigenvalue weighted by molar-refractivity contribution is 5.69. The summed E-state index contributed by atoms with van der Waals surface area (Å²) in [6.45, 7) is 2.04. The Morgan fingerprint density at radius 2 is 2.19 bits per heavy atom. The van der Waals surface area contributed by atoms with Crippen LogP contribution >= 0.6 is 0 Å². The van der Waals surface area contributed by atoms with Crippen molar-refractivity contribution in [3.63, 3.8) is 0 Å². The van der Waals surface area contributed by atoms with Gasteiger partial charge in [0.05, 0.1) is 7.11 Å². The standard InChI is InChI=1S/C18H24N6O3/c1-18(6-7-18)22-17(25)27-12-4-3-11(9-12)13-10-15(24-23-13)20-14-5-8-19-16(21-14)26-2/h5,8,10-12H,3-4,6-7,9H2,1-2H3,(H,22,25)(H2,19,20,21,23,24)/t11-,12+/m1/s1. The Hall–Kier alpha value is -2.84. The van der Waals surface area contributed by atoms with Crippen molar-refractivity contribution < 1.29 is 14.3 Å². The molecular formula is C18H24N6O3. The Morgan fingerprint density at radius 3 is 2.96 bits per heavy atom. The zero-order chi connectivity index (χ0) is 18.9. The third-order valence-electron chi connectivity index (χ3n) is 5.17. The lowest BCUT2D eigenvalue weighted by Crippen LogP contribution is -2.36. The molecule has 27 heavy (non-hydrogen) atoms. The number of rotatable bonds is 6. The summed E-state index contributed by atoms with van der Waals surface area (Å²) in [4.78, 5) is 20.2. The molecule has 2 heterocycles. The first-order valence-electron chi connectivity index (χ1n) is 9.21. The fourth-order valence-corrected chi connectivity index (χ4v) is 3.32. The van der Waals surface area contributed by atoms with Crippen LogP contribution in [0.2, 0.25) is 0 Å². The van der Waals surface area contributed by atoms with Crippen LogP contribution in [0.25, 0.3) is 0 Å². The molecule has 0 spiro atoms. The van der Waals surface area contributed by atoms with Crippen LogP contribution < -0.4 is 15.4 Å². The molecule has 2 aliphatic carbocycles. The zero-order valence-corrected chi connectivity index (χ0v) is 15.5. The fraction of sp³-hybridized carbons (Fsp3) is 0.556. The smallest absolute Gasteiger partial charge is 0.407 e. The second-order valence-electron chi connectivity index (χ2n) is 7.49. The van der Waals surface area contributed by atoms with Crippen molar-refractivity contribution in [2.75, 3.05) is 12.4 Å². The van der Waals surface area contributed by atoms with Gasteiger partial charge in [0.1, 0.15) is 11.9 Å². The van der Waals surface area contributed by atoms with Crippen molar-refractivity contribution in [3.05, 3.63) is 24.0 Å². The predicted molar refractivity (Wildman–Crippen MR) is 98.1 cm³/mol. The molecule has 144 valence electrons. The molecule has 3 N–H and O–H groups in total. The third-order valence-corrected chi connectivity index (χ3v) is 5.17. The minimum absolute atomic E-state index is 0.0526. The van der Waals surface area contributed by atoms with Crippen LogP contribution in [0.15, 0.2) is 18.3 Å². The number of hydrogen-bond acceptors (Lipinski definition) is 7. The van der Waals surface area contributed by atoms with Crippen LogP contribution in [0.4, 0.5) is 16.4 Å². The van der Waals surface area contributed by atoms with E-state index in [1.807, 2.05) is 13.0 Å². The molecule has 9 heteroatoms. The third kappa shape index (κ3) is 4.29. The molecule has 2 fully saturated rings. The zero-order valence-electron chi connectivity index (χ0n) is 15.5. The number of anilines is 2. The molecule has 2 saturated carbocycles. The number of carbonyl (C=O) groups is 1. The number of alkyl carbamates (subject to hydrolysis) is 1. The number of nitrogens with one attached hydrogen (secondary N) is 3. The van der Waals surface area contributed by atoms with Gasteiger partial charge in [-0.3, -0.25) is 5.10 Å². The lowest BCUT2D eigenvalue weighted by molar-refractivity contribution is 0.0967. The summed E-state index contributed by atoms with van der Waals surface area (Å²) in [7, 11) is 1.52. The number of ether oxygens (including phenoxy) is 2. The van der Waals surface area contributed by atoms with Crippen LogP contribution in [0.5, 0.6) is 6.01 Å². The summed E-state index contributed by atoms with van der Waals surface area (Å²) >= 11 is 0. The maximum atomic E-state index is 12.0. The first-order valence-corrected chi connectivity index (χ1v) is 9.21. The molecule has 0 aliphatic heterocycles. The summed E-state index contributed by atoms with van der Waals surface area (Å²) in [6.07, 6.45) is 5.93. The van der Waals surface area contributed by atoms with Crippen molar-refractivity contribution in [1.82, 2.24) is 25.5 Å². The van der Waals surface area contributed by atoms with Gasteiger partial charge in [-0.1, -0.05) is 0 Å². The van der Waals surface area contributed by atoms with E-state index in [-0.39, 0.29) is 17.7 Å². The molecule has 2 aromatic rings. The largest absolute Gasteiger partial charge is 0.467 e. The number of nitrogens with zero attached hydrogens (tertiary/aromatic N) is 3. The van der Waals surface area contributed by atoms with Gasteiger partial charge in [0.2, 0.25) is 0 Å². The average molecular weight is 372 g/mol. The lowest BCUT2D eigenvalue weighted by Gasteiger charge is -2.16. The van der Waals surface area contributed by atoms with Crippen molar-refractivity contribution >= 4 is 17.7 Å². The van der Waals surface area contributed by atoms with E-state index in [1.54, 1.807) is 12.3 Å². The highest BCUT2D eigenvalue weighted by Crippen LogP contribution is 2.37. The number of H-pyrrole nitrogens is 1. The van der Waals surface area contributed by atoms with Gasteiger partial charge in [0, 0.05) is 29.4 Å². The number of methoxy groups -OCH3 is 1. The van der Waals surface area contributed by atoms with E-state index in [0.717, 1.165) is 37.8 Å². The van der Waals surface area contributed by atoms with Gasteiger partial charge in [-0.25, -0.2) is 9.78 Å². The summed E-state index contributed by atoms with van der Waals surface area (Å²) in [6, 6.07) is 4.01. The molecule has 0 unspecified atom stereocenters. The van der Waals surface area contributed by atoms with Gasteiger partial charge in [-0.2, -0.15) is 10.1 Å². The monoisotopic (exact) mass is 372 g/mol. The van der Waals surface area contributed by atoms with Crippen molar-refractivity contribution in [1.29, 1.82) is 0 Å². The first kappa shape index (κ1) is 17.6. The van der Waals surface area contributed by atoms with E-state index in [1.165, 1.54) is 7.11 Å². The Morgan fingerprint density at radius 1 is 1.33 bits per heavy atom. The normalized spacial score (nSPS) is 22.9. The minimum atomic E-state index is -0.301. The molecule has 2 aliphatic rings. The SMILES string of the molecule is COc1nccc(Nc2cc([C@@H]3CC[C@H](OC(=O)NC4(C)CC4)C3)[nH]n2)n1. The van der Waals surface area contributed by atoms with Crippen molar-refractivity contribution in [2.45, 2.75) is 56.6 Å². The quantitative estimate of drug-likeness (QED) is 0.714. The van der Waals surface area contributed by atoms with E-state index in [0.29, 0.717) is 23.6 Å². The molecule has 1 amide bonds. The number of carbonyl (C=O) groups excluding carboxylic acids is 1. The van der Waals surface area contributed by atoms with Gasteiger partial charge < -0.3 is 20.1 Å². The van der Waals surface area contributed by atoms with Gasteiger partial charge in [-0.15, -0.1) is 0 Å². The fourth-order valence-electron chi connectivity index (χ4n) is 3.32. The van der Waals surface area contributed by atoms with Crippen LogP contribution in [-0.2, 0) is 4.74 Å². The second-order valence-corrected chi connectivity index (χ2v) is 7.49. The molecule has 4 rings (SSSR count). The second kappa shape index (κ2) is 7.05. The highest BCUT2D eigenvalue weighted by atomic mass is 16.6. The van der Waals surface area contributed by atoms with E-state index in [4.69, 9.17) is 9.47 Å². The Bertz CT molecular complexity index is 819.